The Balaban J connectivity index is 1.75. The Morgan fingerprint density at radius 1 is 1.00 bits per heavy atom. The van der Waals surface area contributed by atoms with Gasteiger partial charge in [-0.1, -0.05) is 61.0 Å². The van der Waals surface area contributed by atoms with Gasteiger partial charge in [0.2, 0.25) is 11.8 Å². The van der Waals surface area contributed by atoms with Gasteiger partial charge in [-0.3, -0.25) is 14.5 Å². The van der Waals surface area contributed by atoms with Gasteiger partial charge < -0.3 is 5.32 Å². The average molecular weight is 488 g/mol. The zero-order valence-electron chi connectivity index (χ0n) is 20.7. The molecular formula is C28H30FN5O2. The van der Waals surface area contributed by atoms with E-state index in [4.69, 9.17) is 0 Å². The van der Waals surface area contributed by atoms with Crippen LogP contribution in [0.4, 0.5) is 10.1 Å². The number of hydrogen-bond acceptors (Lipinski definition) is 4. The molecule has 7 nitrogen and oxygen atoms in total. The maximum absolute atomic E-state index is 13.9. The zero-order chi connectivity index (χ0) is 25.7. The normalized spacial score (nSPS) is 12.0. The number of para-hydroxylation sites is 1. The van der Waals surface area contributed by atoms with Crippen molar-refractivity contribution in [2.75, 3.05) is 11.4 Å². The van der Waals surface area contributed by atoms with Crippen LogP contribution in [-0.4, -0.2) is 33.4 Å². The molecular weight excluding hydrogens is 457 g/mol. The first kappa shape index (κ1) is 25.0. The molecule has 1 atom stereocenters. The second kappa shape index (κ2) is 11.1. The number of aryl methyl sites for hydroxylation is 1. The lowest BCUT2D eigenvalue weighted by Crippen LogP contribution is -2.45. The van der Waals surface area contributed by atoms with Crippen LogP contribution < -0.4 is 10.2 Å². The SMILES string of the molecule is Cc1ccc([C@@H](C(=O)NCCC(C)C)N(C(=O)Cn2nnc3ccccc32)c2ccc(F)cc2)cc1. The minimum absolute atomic E-state index is 0.139. The average Bonchev–Trinajstić information content (AvgIpc) is 3.26. The van der Waals surface area contributed by atoms with Crippen molar-refractivity contribution >= 4 is 28.5 Å². The molecule has 0 spiro atoms. The van der Waals surface area contributed by atoms with Gasteiger partial charge in [0.15, 0.2) is 0 Å². The van der Waals surface area contributed by atoms with E-state index in [2.05, 4.69) is 29.5 Å². The maximum Gasteiger partial charge on any atom is 0.249 e. The first-order valence-electron chi connectivity index (χ1n) is 12.0. The summed E-state index contributed by atoms with van der Waals surface area (Å²) in [7, 11) is 0. The van der Waals surface area contributed by atoms with Crippen molar-refractivity contribution in [2.24, 2.45) is 5.92 Å². The van der Waals surface area contributed by atoms with E-state index in [0.29, 0.717) is 34.7 Å². The lowest BCUT2D eigenvalue weighted by atomic mass is 10.0. The second-order valence-electron chi connectivity index (χ2n) is 9.26. The largest absolute Gasteiger partial charge is 0.354 e. The summed E-state index contributed by atoms with van der Waals surface area (Å²) >= 11 is 0. The van der Waals surface area contributed by atoms with Gasteiger partial charge in [-0.15, -0.1) is 5.10 Å². The molecule has 0 aliphatic heterocycles. The molecule has 4 rings (SSSR count). The van der Waals surface area contributed by atoms with E-state index in [1.165, 1.54) is 33.8 Å². The fourth-order valence-electron chi connectivity index (χ4n) is 4.02. The van der Waals surface area contributed by atoms with E-state index in [-0.39, 0.29) is 18.4 Å². The summed E-state index contributed by atoms with van der Waals surface area (Å²) in [4.78, 5) is 28.9. The van der Waals surface area contributed by atoms with Gasteiger partial charge in [-0.2, -0.15) is 0 Å². The molecule has 0 aliphatic rings. The van der Waals surface area contributed by atoms with Crippen LogP contribution in [0, 0.1) is 18.7 Å². The maximum atomic E-state index is 13.9. The number of rotatable bonds is 9. The molecule has 0 saturated heterocycles. The molecule has 4 aromatic rings. The van der Waals surface area contributed by atoms with Crippen molar-refractivity contribution in [1.82, 2.24) is 20.3 Å². The predicted molar refractivity (Wildman–Crippen MR) is 138 cm³/mol. The van der Waals surface area contributed by atoms with Crippen LogP contribution in [0.3, 0.4) is 0 Å². The summed E-state index contributed by atoms with van der Waals surface area (Å²) < 4.78 is 15.3. The van der Waals surface area contributed by atoms with E-state index < -0.39 is 11.9 Å². The number of anilines is 1. The van der Waals surface area contributed by atoms with Crippen molar-refractivity contribution in [3.63, 3.8) is 0 Å². The third-order valence-electron chi connectivity index (χ3n) is 6.00. The number of fused-ring (bicyclic) bond motifs is 1. The molecule has 8 heteroatoms. The molecule has 1 N–H and O–H groups in total. The van der Waals surface area contributed by atoms with Gasteiger partial charge in [-0.05, 0) is 61.2 Å². The lowest BCUT2D eigenvalue weighted by molar-refractivity contribution is -0.127. The van der Waals surface area contributed by atoms with E-state index in [1.807, 2.05) is 55.5 Å². The molecule has 36 heavy (non-hydrogen) atoms. The molecule has 186 valence electrons. The van der Waals surface area contributed by atoms with Gasteiger partial charge in [-0.25, -0.2) is 9.07 Å². The molecule has 0 saturated carbocycles. The third kappa shape index (κ3) is 5.76. The van der Waals surface area contributed by atoms with E-state index in [9.17, 15) is 14.0 Å². The van der Waals surface area contributed by atoms with Crippen molar-refractivity contribution in [2.45, 2.75) is 39.8 Å². The Morgan fingerprint density at radius 2 is 1.69 bits per heavy atom. The van der Waals surface area contributed by atoms with E-state index >= 15 is 0 Å². The van der Waals surface area contributed by atoms with Crippen molar-refractivity contribution in [3.05, 3.63) is 89.7 Å². The molecule has 0 aliphatic carbocycles. The number of carbonyl (C=O) groups excluding carboxylic acids is 2. The topological polar surface area (TPSA) is 80.1 Å². The minimum Gasteiger partial charge on any atom is -0.354 e. The van der Waals surface area contributed by atoms with Crippen LogP contribution in [0.1, 0.15) is 37.4 Å². The summed E-state index contributed by atoms with van der Waals surface area (Å²) in [6.45, 7) is 6.47. The summed E-state index contributed by atoms with van der Waals surface area (Å²) in [5.74, 6) is -0.692. The number of hydrogen-bond donors (Lipinski definition) is 1. The monoisotopic (exact) mass is 487 g/mol. The van der Waals surface area contributed by atoms with Crippen LogP contribution >= 0.6 is 0 Å². The first-order valence-corrected chi connectivity index (χ1v) is 12.0. The van der Waals surface area contributed by atoms with E-state index in [1.54, 1.807) is 0 Å². The Hall–Kier alpha value is -4.07. The standard InChI is InChI=1S/C28H30FN5O2/c1-19(2)16-17-30-28(36)27(21-10-8-20(3)9-11-21)34(23-14-12-22(29)13-15-23)26(35)18-33-25-7-5-4-6-24(25)31-32-33/h4-15,19,27H,16-18H2,1-3H3,(H,30,36)/t27-/m0/s1. The van der Waals surface area contributed by atoms with Gasteiger partial charge in [0.1, 0.15) is 23.9 Å². The highest BCUT2D eigenvalue weighted by molar-refractivity contribution is 6.01. The molecule has 0 radical (unpaired) electrons. The Bertz CT molecular complexity index is 1330. The Kier molecular flexibility index (Phi) is 7.73. The highest BCUT2D eigenvalue weighted by atomic mass is 19.1. The number of nitrogens with one attached hydrogen (secondary N) is 1. The van der Waals surface area contributed by atoms with Crippen LogP contribution in [0.25, 0.3) is 11.0 Å². The molecule has 3 aromatic carbocycles. The summed E-state index contributed by atoms with van der Waals surface area (Å²) in [6.07, 6.45) is 0.807. The van der Waals surface area contributed by atoms with Crippen LogP contribution in [0.2, 0.25) is 0 Å². The van der Waals surface area contributed by atoms with Gasteiger partial charge in [0.25, 0.3) is 0 Å². The molecule has 1 heterocycles. The first-order chi connectivity index (χ1) is 17.3. The predicted octanol–water partition coefficient (Wildman–Crippen LogP) is 4.82. The molecule has 2 amide bonds. The van der Waals surface area contributed by atoms with Gasteiger partial charge in [0, 0.05) is 12.2 Å². The molecule has 1 aromatic heterocycles. The summed E-state index contributed by atoms with van der Waals surface area (Å²) in [5, 5.41) is 11.3. The van der Waals surface area contributed by atoms with Crippen molar-refractivity contribution in [3.8, 4) is 0 Å². The Morgan fingerprint density at radius 3 is 2.39 bits per heavy atom. The smallest absolute Gasteiger partial charge is 0.249 e. The quantitative estimate of drug-likeness (QED) is 0.367. The van der Waals surface area contributed by atoms with Gasteiger partial charge >= 0.3 is 0 Å². The van der Waals surface area contributed by atoms with Crippen LogP contribution in [0.15, 0.2) is 72.8 Å². The summed E-state index contributed by atoms with van der Waals surface area (Å²) in [6, 6.07) is 19.5. The highest BCUT2D eigenvalue weighted by Gasteiger charge is 2.33. The number of halogens is 1. The minimum atomic E-state index is -0.953. The van der Waals surface area contributed by atoms with Crippen molar-refractivity contribution < 1.29 is 14.0 Å². The van der Waals surface area contributed by atoms with Crippen LogP contribution in [0.5, 0.6) is 0 Å². The molecule has 0 bridgehead atoms. The van der Waals surface area contributed by atoms with Crippen molar-refractivity contribution in [1.29, 1.82) is 0 Å². The van der Waals surface area contributed by atoms with Gasteiger partial charge in [0.05, 0.1) is 5.52 Å². The fraction of sp³-hybridized carbons (Fsp3) is 0.286. The molecule has 0 unspecified atom stereocenters. The summed E-state index contributed by atoms with van der Waals surface area (Å²) in [5.41, 5.74) is 3.48. The lowest BCUT2D eigenvalue weighted by Gasteiger charge is -2.31. The number of carbonyl (C=O) groups is 2. The zero-order valence-corrected chi connectivity index (χ0v) is 20.7. The highest BCUT2D eigenvalue weighted by Crippen LogP contribution is 2.29. The number of benzene rings is 3. The fourth-order valence-corrected chi connectivity index (χ4v) is 4.02. The number of amides is 2. The van der Waals surface area contributed by atoms with Crippen LogP contribution in [-0.2, 0) is 16.1 Å². The number of aromatic nitrogens is 3. The number of nitrogens with zero attached hydrogens (tertiary/aromatic N) is 4. The Labute approximate surface area is 209 Å². The van der Waals surface area contributed by atoms with E-state index in [0.717, 1.165) is 12.0 Å². The molecule has 0 fully saturated rings. The third-order valence-corrected chi connectivity index (χ3v) is 6.00. The second-order valence-corrected chi connectivity index (χ2v) is 9.26.